The van der Waals surface area contributed by atoms with Crippen LogP contribution in [0.2, 0.25) is 0 Å². The maximum absolute atomic E-state index is 12.1. The minimum absolute atomic E-state index is 0.158. The summed E-state index contributed by atoms with van der Waals surface area (Å²) in [6, 6.07) is 14.3. The second-order valence-electron chi connectivity index (χ2n) is 5.09. The molecule has 0 saturated carbocycles. The highest BCUT2D eigenvalue weighted by atomic mass is 16.4. The lowest BCUT2D eigenvalue weighted by atomic mass is 10.1. The first-order valence-electron chi connectivity index (χ1n) is 6.85. The molecule has 0 aliphatic carbocycles. The summed E-state index contributed by atoms with van der Waals surface area (Å²) in [5, 5.41) is 11.7. The molecule has 0 saturated heterocycles. The highest BCUT2D eigenvalue weighted by molar-refractivity contribution is 6.02. The summed E-state index contributed by atoms with van der Waals surface area (Å²) in [5.74, 6) is -1.62. The molecule has 0 aliphatic rings. The Labute approximate surface area is 129 Å². The number of carbonyl (C=O) groups is 2. The van der Waals surface area contributed by atoms with Crippen molar-refractivity contribution in [2.24, 2.45) is 0 Å². The van der Waals surface area contributed by atoms with Crippen molar-refractivity contribution in [2.75, 3.05) is 0 Å². The zero-order valence-electron chi connectivity index (χ0n) is 12.5. The predicted molar refractivity (Wildman–Crippen MR) is 85.4 cm³/mol. The third-order valence-corrected chi connectivity index (χ3v) is 3.18. The highest BCUT2D eigenvalue weighted by Crippen LogP contribution is 2.09. The first kappa shape index (κ1) is 15.5. The number of carbonyl (C=O) groups excluding carboxylic acids is 1. The van der Waals surface area contributed by atoms with Gasteiger partial charge in [0.1, 0.15) is 5.70 Å². The van der Waals surface area contributed by atoms with Crippen LogP contribution in [0.1, 0.15) is 27.0 Å². The Morgan fingerprint density at radius 3 is 1.91 bits per heavy atom. The van der Waals surface area contributed by atoms with Gasteiger partial charge in [0.2, 0.25) is 0 Å². The Bertz CT molecular complexity index is 713. The molecule has 0 fully saturated rings. The predicted octanol–water partition coefficient (Wildman–Crippen LogP) is 3.16. The summed E-state index contributed by atoms with van der Waals surface area (Å²) < 4.78 is 0. The number of aryl methyl sites for hydroxylation is 2. The van der Waals surface area contributed by atoms with Crippen LogP contribution in [0.3, 0.4) is 0 Å². The maximum Gasteiger partial charge on any atom is 0.352 e. The van der Waals surface area contributed by atoms with Crippen LogP contribution in [-0.2, 0) is 4.79 Å². The Balaban J connectivity index is 2.21. The van der Waals surface area contributed by atoms with Crippen molar-refractivity contribution in [3.8, 4) is 0 Å². The molecule has 0 spiro atoms. The van der Waals surface area contributed by atoms with Gasteiger partial charge in [-0.25, -0.2) is 4.79 Å². The Morgan fingerprint density at radius 2 is 1.41 bits per heavy atom. The van der Waals surface area contributed by atoms with E-state index in [9.17, 15) is 14.7 Å². The van der Waals surface area contributed by atoms with Gasteiger partial charge in [0.25, 0.3) is 5.91 Å². The normalized spacial score (nSPS) is 11.1. The van der Waals surface area contributed by atoms with E-state index in [4.69, 9.17) is 0 Å². The molecule has 4 nitrogen and oxygen atoms in total. The van der Waals surface area contributed by atoms with E-state index in [1.807, 2.05) is 26.0 Å². The molecule has 2 rings (SSSR count). The average molecular weight is 295 g/mol. The lowest BCUT2D eigenvalue weighted by molar-refractivity contribution is -0.132. The molecular formula is C18H17NO3. The molecule has 1 amide bonds. The molecule has 112 valence electrons. The quantitative estimate of drug-likeness (QED) is 0.851. The van der Waals surface area contributed by atoms with E-state index >= 15 is 0 Å². The van der Waals surface area contributed by atoms with Gasteiger partial charge in [0.15, 0.2) is 0 Å². The topological polar surface area (TPSA) is 66.4 Å². The van der Waals surface area contributed by atoms with Gasteiger partial charge >= 0.3 is 5.97 Å². The van der Waals surface area contributed by atoms with Gasteiger partial charge in [0, 0.05) is 5.56 Å². The summed E-state index contributed by atoms with van der Waals surface area (Å²) in [5.41, 5.74) is 3.09. The Hall–Kier alpha value is -2.88. The van der Waals surface area contributed by atoms with Crippen LogP contribution in [0.15, 0.2) is 54.2 Å². The fourth-order valence-electron chi connectivity index (χ4n) is 1.88. The smallest absolute Gasteiger partial charge is 0.352 e. The minimum atomic E-state index is -1.18. The lowest BCUT2D eigenvalue weighted by Crippen LogP contribution is -2.27. The molecule has 0 heterocycles. The van der Waals surface area contributed by atoms with Gasteiger partial charge in [-0.15, -0.1) is 0 Å². The number of carboxylic acids is 1. The summed E-state index contributed by atoms with van der Waals surface area (Å²) in [6.07, 6.45) is 1.44. The fourth-order valence-corrected chi connectivity index (χ4v) is 1.88. The first-order valence-corrected chi connectivity index (χ1v) is 6.85. The maximum atomic E-state index is 12.1. The van der Waals surface area contributed by atoms with E-state index in [1.165, 1.54) is 6.08 Å². The molecule has 0 radical (unpaired) electrons. The SMILES string of the molecule is Cc1ccc(/C=C(\NC(=O)c2ccc(C)cc2)C(=O)O)cc1. The third kappa shape index (κ3) is 4.06. The monoisotopic (exact) mass is 295 g/mol. The molecule has 4 heteroatoms. The third-order valence-electron chi connectivity index (χ3n) is 3.18. The van der Waals surface area contributed by atoms with Crippen molar-refractivity contribution in [1.82, 2.24) is 5.32 Å². The summed E-state index contributed by atoms with van der Waals surface area (Å²) in [7, 11) is 0. The van der Waals surface area contributed by atoms with Gasteiger partial charge in [-0.2, -0.15) is 0 Å². The zero-order valence-corrected chi connectivity index (χ0v) is 12.5. The lowest BCUT2D eigenvalue weighted by Gasteiger charge is -2.07. The van der Waals surface area contributed by atoms with E-state index in [0.29, 0.717) is 11.1 Å². The number of hydrogen-bond acceptors (Lipinski definition) is 2. The number of rotatable bonds is 4. The highest BCUT2D eigenvalue weighted by Gasteiger charge is 2.13. The number of aliphatic carboxylic acids is 1. The van der Waals surface area contributed by atoms with Gasteiger partial charge in [-0.3, -0.25) is 4.79 Å². The van der Waals surface area contributed by atoms with Crippen molar-refractivity contribution in [3.63, 3.8) is 0 Å². The van der Waals surface area contributed by atoms with E-state index < -0.39 is 11.9 Å². The van der Waals surface area contributed by atoms with Crippen LogP contribution in [0, 0.1) is 13.8 Å². The molecule has 0 atom stereocenters. The Kier molecular flexibility index (Phi) is 4.73. The molecule has 0 unspecified atom stereocenters. The molecule has 22 heavy (non-hydrogen) atoms. The van der Waals surface area contributed by atoms with Crippen molar-refractivity contribution < 1.29 is 14.7 Å². The molecule has 2 aromatic carbocycles. The van der Waals surface area contributed by atoms with Gasteiger partial charge < -0.3 is 10.4 Å². The van der Waals surface area contributed by atoms with Crippen LogP contribution in [0.5, 0.6) is 0 Å². The largest absolute Gasteiger partial charge is 0.477 e. The number of hydrogen-bond donors (Lipinski definition) is 2. The number of nitrogens with one attached hydrogen (secondary N) is 1. The average Bonchev–Trinajstić information content (AvgIpc) is 2.49. The second-order valence-corrected chi connectivity index (χ2v) is 5.09. The molecule has 2 aromatic rings. The Morgan fingerprint density at radius 1 is 0.909 bits per heavy atom. The van der Waals surface area contributed by atoms with Crippen LogP contribution in [0.25, 0.3) is 6.08 Å². The molecular weight excluding hydrogens is 278 g/mol. The zero-order chi connectivity index (χ0) is 16.1. The minimum Gasteiger partial charge on any atom is -0.477 e. The molecule has 0 aliphatic heterocycles. The van der Waals surface area contributed by atoms with Gasteiger partial charge in [0.05, 0.1) is 0 Å². The number of carboxylic acid groups (broad SMARTS) is 1. The number of benzene rings is 2. The summed E-state index contributed by atoms with van der Waals surface area (Å²) in [4.78, 5) is 23.4. The van der Waals surface area contributed by atoms with E-state index in [1.54, 1.807) is 36.4 Å². The van der Waals surface area contributed by atoms with Crippen LogP contribution >= 0.6 is 0 Å². The fraction of sp³-hybridized carbons (Fsp3) is 0.111. The van der Waals surface area contributed by atoms with Crippen LogP contribution in [-0.4, -0.2) is 17.0 Å². The van der Waals surface area contributed by atoms with Crippen LogP contribution in [0.4, 0.5) is 0 Å². The summed E-state index contributed by atoms with van der Waals surface area (Å²) in [6.45, 7) is 3.87. The van der Waals surface area contributed by atoms with Crippen molar-refractivity contribution >= 4 is 18.0 Å². The molecule has 2 N–H and O–H groups in total. The van der Waals surface area contributed by atoms with Crippen LogP contribution < -0.4 is 5.32 Å². The van der Waals surface area contributed by atoms with E-state index in [-0.39, 0.29) is 5.70 Å². The van der Waals surface area contributed by atoms with Crippen molar-refractivity contribution in [1.29, 1.82) is 0 Å². The van der Waals surface area contributed by atoms with Crippen molar-refractivity contribution in [2.45, 2.75) is 13.8 Å². The first-order chi connectivity index (χ1) is 10.5. The van der Waals surface area contributed by atoms with E-state index in [2.05, 4.69) is 5.32 Å². The van der Waals surface area contributed by atoms with E-state index in [0.717, 1.165) is 11.1 Å². The molecule has 0 aromatic heterocycles. The summed E-state index contributed by atoms with van der Waals surface area (Å²) >= 11 is 0. The van der Waals surface area contributed by atoms with Crippen molar-refractivity contribution in [3.05, 3.63) is 76.5 Å². The standard InChI is InChI=1S/C18H17NO3/c1-12-3-7-14(8-4-12)11-16(18(21)22)19-17(20)15-9-5-13(2)6-10-15/h3-11H,1-2H3,(H,19,20)(H,21,22)/b16-11-. The van der Waals surface area contributed by atoms with Gasteiger partial charge in [-0.1, -0.05) is 47.5 Å². The van der Waals surface area contributed by atoms with Gasteiger partial charge in [-0.05, 0) is 37.6 Å². The second kappa shape index (κ2) is 6.72. The molecule has 0 bridgehead atoms. The number of amides is 1.